The van der Waals surface area contributed by atoms with E-state index in [1.165, 1.54) is 0 Å². The lowest BCUT2D eigenvalue weighted by atomic mass is 10.3. The quantitative estimate of drug-likeness (QED) is 0.621. The van der Waals surface area contributed by atoms with E-state index in [0.717, 1.165) is 38.4 Å². The summed E-state index contributed by atoms with van der Waals surface area (Å²) < 4.78 is 1.67. The smallest absolute Gasteiger partial charge is 0.313 e. The van der Waals surface area contributed by atoms with E-state index in [0.29, 0.717) is 17.9 Å². The Hall–Kier alpha value is -1.93. The zero-order chi connectivity index (χ0) is 16.1. The van der Waals surface area contributed by atoms with E-state index in [1.807, 2.05) is 6.92 Å². The molecule has 3 N–H and O–H groups in total. The van der Waals surface area contributed by atoms with Gasteiger partial charge >= 0.3 is 11.8 Å². The fraction of sp³-hybridized carbons (Fsp3) is 0.643. The number of rotatable bonds is 4. The van der Waals surface area contributed by atoms with Crippen LogP contribution < -0.4 is 16.0 Å². The maximum absolute atomic E-state index is 11.9. The number of anilines is 1. The summed E-state index contributed by atoms with van der Waals surface area (Å²) in [7, 11) is 1.80. The summed E-state index contributed by atoms with van der Waals surface area (Å²) in [5.41, 5.74) is 2.12. The highest BCUT2D eigenvalue weighted by Gasteiger charge is 2.18. The van der Waals surface area contributed by atoms with Crippen LogP contribution in [-0.4, -0.2) is 65.8 Å². The second-order valence-corrected chi connectivity index (χ2v) is 5.47. The Morgan fingerprint density at radius 3 is 2.50 bits per heavy atom. The van der Waals surface area contributed by atoms with Gasteiger partial charge in [-0.1, -0.05) is 0 Å². The minimum Gasteiger partial charge on any atom is -0.347 e. The Bertz CT molecular complexity index is 548. The van der Waals surface area contributed by atoms with Crippen LogP contribution in [0, 0.1) is 13.8 Å². The second-order valence-electron chi connectivity index (χ2n) is 5.47. The third-order valence-electron chi connectivity index (χ3n) is 3.88. The summed E-state index contributed by atoms with van der Waals surface area (Å²) in [5.74, 6) is -1.27. The molecule has 0 bridgehead atoms. The number of carbonyl (C=O) groups is 2. The van der Waals surface area contributed by atoms with Gasteiger partial charge in [0.05, 0.1) is 17.1 Å². The molecule has 0 unspecified atom stereocenters. The first-order valence-corrected chi connectivity index (χ1v) is 7.51. The van der Waals surface area contributed by atoms with Crippen molar-refractivity contribution >= 4 is 17.5 Å². The molecular formula is C14H24N6O2. The number of hydrogen-bond acceptors (Lipinski definition) is 5. The van der Waals surface area contributed by atoms with Gasteiger partial charge in [-0.05, 0) is 13.8 Å². The molecule has 0 radical (unpaired) electrons. The van der Waals surface area contributed by atoms with E-state index in [-0.39, 0.29) is 0 Å². The van der Waals surface area contributed by atoms with Gasteiger partial charge < -0.3 is 16.0 Å². The van der Waals surface area contributed by atoms with Crippen LogP contribution in [0.5, 0.6) is 0 Å². The van der Waals surface area contributed by atoms with Crippen LogP contribution in [0.2, 0.25) is 0 Å². The SMILES string of the molecule is Cc1nn(C)c(C)c1NC(=O)C(=O)NCCN1CCNCC1. The zero-order valence-corrected chi connectivity index (χ0v) is 13.4. The van der Waals surface area contributed by atoms with E-state index in [1.54, 1.807) is 18.7 Å². The van der Waals surface area contributed by atoms with Gasteiger partial charge in [-0.15, -0.1) is 0 Å². The molecule has 0 spiro atoms. The molecule has 122 valence electrons. The predicted octanol–water partition coefficient (Wildman–Crippen LogP) is -1.00. The van der Waals surface area contributed by atoms with Crippen molar-refractivity contribution in [1.29, 1.82) is 0 Å². The maximum Gasteiger partial charge on any atom is 0.313 e. The zero-order valence-electron chi connectivity index (χ0n) is 13.4. The van der Waals surface area contributed by atoms with Crippen LogP contribution in [0.4, 0.5) is 5.69 Å². The predicted molar refractivity (Wildman–Crippen MR) is 83.6 cm³/mol. The van der Waals surface area contributed by atoms with E-state index in [2.05, 4.69) is 25.9 Å². The van der Waals surface area contributed by atoms with Crippen molar-refractivity contribution in [3.63, 3.8) is 0 Å². The Labute approximate surface area is 130 Å². The molecule has 2 rings (SSSR count). The van der Waals surface area contributed by atoms with Crippen molar-refractivity contribution in [3.05, 3.63) is 11.4 Å². The minimum atomic E-state index is -0.653. The third-order valence-corrected chi connectivity index (χ3v) is 3.88. The lowest BCUT2D eigenvalue weighted by molar-refractivity contribution is -0.136. The summed E-state index contributed by atoms with van der Waals surface area (Å²) in [4.78, 5) is 26.0. The largest absolute Gasteiger partial charge is 0.347 e. The molecule has 0 aromatic carbocycles. The summed E-state index contributed by atoms with van der Waals surface area (Å²) in [5, 5.41) is 12.8. The number of hydrogen-bond donors (Lipinski definition) is 3. The van der Waals surface area contributed by atoms with Gasteiger partial charge in [0.15, 0.2) is 0 Å². The Balaban J connectivity index is 1.78. The average Bonchev–Trinajstić information content (AvgIpc) is 2.74. The van der Waals surface area contributed by atoms with Crippen molar-refractivity contribution in [2.75, 3.05) is 44.6 Å². The molecule has 1 aliphatic heterocycles. The number of amides is 2. The lowest BCUT2D eigenvalue weighted by Crippen LogP contribution is -2.47. The van der Waals surface area contributed by atoms with Crippen molar-refractivity contribution < 1.29 is 9.59 Å². The Kier molecular flexibility index (Phi) is 5.51. The average molecular weight is 308 g/mol. The minimum absolute atomic E-state index is 0.470. The van der Waals surface area contributed by atoms with Gasteiger partial charge in [0.25, 0.3) is 0 Å². The van der Waals surface area contributed by atoms with E-state index < -0.39 is 11.8 Å². The van der Waals surface area contributed by atoms with Crippen molar-refractivity contribution in [3.8, 4) is 0 Å². The highest BCUT2D eigenvalue weighted by Crippen LogP contribution is 2.17. The Morgan fingerprint density at radius 1 is 1.23 bits per heavy atom. The van der Waals surface area contributed by atoms with Crippen LogP contribution in [0.1, 0.15) is 11.4 Å². The molecular weight excluding hydrogens is 284 g/mol. The van der Waals surface area contributed by atoms with E-state index in [4.69, 9.17) is 0 Å². The molecule has 2 amide bonds. The number of aromatic nitrogens is 2. The van der Waals surface area contributed by atoms with Crippen molar-refractivity contribution in [2.45, 2.75) is 13.8 Å². The molecule has 1 saturated heterocycles. The fourth-order valence-electron chi connectivity index (χ4n) is 2.47. The van der Waals surface area contributed by atoms with Gasteiger partial charge in [-0.2, -0.15) is 5.10 Å². The summed E-state index contributed by atoms with van der Waals surface area (Å²) >= 11 is 0. The standard InChI is InChI=1S/C14H24N6O2/c1-10-12(11(2)19(3)18-10)17-14(22)13(21)16-6-9-20-7-4-15-5-8-20/h15H,4-9H2,1-3H3,(H,16,21)(H,17,22). The number of nitrogens with zero attached hydrogens (tertiary/aromatic N) is 3. The number of carbonyl (C=O) groups excluding carboxylic acids is 2. The molecule has 0 saturated carbocycles. The first-order chi connectivity index (χ1) is 10.5. The highest BCUT2D eigenvalue weighted by molar-refractivity contribution is 6.39. The molecule has 2 heterocycles. The van der Waals surface area contributed by atoms with E-state index >= 15 is 0 Å². The molecule has 22 heavy (non-hydrogen) atoms. The molecule has 0 aliphatic carbocycles. The fourth-order valence-corrected chi connectivity index (χ4v) is 2.47. The monoisotopic (exact) mass is 308 g/mol. The van der Waals surface area contributed by atoms with Gasteiger partial charge in [0.1, 0.15) is 0 Å². The maximum atomic E-state index is 11.9. The number of aryl methyl sites for hydroxylation is 2. The van der Waals surface area contributed by atoms with Crippen LogP contribution in [0.25, 0.3) is 0 Å². The molecule has 8 nitrogen and oxygen atoms in total. The number of piperazine rings is 1. The van der Waals surface area contributed by atoms with Gasteiger partial charge in [0.2, 0.25) is 0 Å². The van der Waals surface area contributed by atoms with Crippen LogP contribution in [0.3, 0.4) is 0 Å². The Morgan fingerprint density at radius 2 is 1.91 bits per heavy atom. The molecule has 1 fully saturated rings. The van der Waals surface area contributed by atoms with Crippen LogP contribution in [0.15, 0.2) is 0 Å². The van der Waals surface area contributed by atoms with E-state index in [9.17, 15) is 9.59 Å². The second kappa shape index (κ2) is 7.37. The lowest BCUT2D eigenvalue weighted by Gasteiger charge is -2.26. The molecule has 1 aromatic rings. The highest BCUT2D eigenvalue weighted by atomic mass is 16.2. The van der Waals surface area contributed by atoms with Crippen LogP contribution in [-0.2, 0) is 16.6 Å². The molecule has 1 aliphatic rings. The summed E-state index contributed by atoms with van der Waals surface area (Å²) in [6.07, 6.45) is 0. The number of nitrogens with one attached hydrogen (secondary N) is 3. The normalized spacial score (nSPS) is 15.6. The third kappa shape index (κ3) is 4.05. The summed E-state index contributed by atoms with van der Waals surface area (Å²) in [6, 6.07) is 0. The first kappa shape index (κ1) is 16.4. The molecule has 8 heteroatoms. The van der Waals surface area contributed by atoms with Gasteiger partial charge in [-0.3, -0.25) is 19.2 Å². The van der Waals surface area contributed by atoms with Crippen molar-refractivity contribution in [1.82, 2.24) is 25.3 Å². The molecule has 1 aromatic heterocycles. The first-order valence-electron chi connectivity index (χ1n) is 7.51. The van der Waals surface area contributed by atoms with Gasteiger partial charge in [-0.25, -0.2) is 0 Å². The van der Waals surface area contributed by atoms with Crippen LogP contribution >= 0.6 is 0 Å². The van der Waals surface area contributed by atoms with Crippen molar-refractivity contribution in [2.24, 2.45) is 7.05 Å². The van der Waals surface area contributed by atoms with Gasteiger partial charge in [0, 0.05) is 46.3 Å². The molecule has 0 atom stereocenters. The summed E-state index contributed by atoms with van der Waals surface area (Å²) in [6.45, 7) is 8.74. The topological polar surface area (TPSA) is 91.3 Å².